The fourth-order valence-electron chi connectivity index (χ4n) is 0.706. The van der Waals surface area contributed by atoms with Gasteiger partial charge >= 0.3 is 0 Å². The van der Waals surface area contributed by atoms with E-state index in [1.54, 1.807) is 0 Å². The highest BCUT2D eigenvalue weighted by atomic mass is 14.9. The van der Waals surface area contributed by atoms with Crippen molar-refractivity contribution < 1.29 is 0 Å². The Hall–Kier alpha value is -0.500. The molecule has 0 unspecified atom stereocenters. The maximum atomic E-state index is 5.39. The van der Waals surface area contributed by atoms with Gasteiger partial charge in [-0.05, 0) is 19.4 Å². The molecule has 0 rings (SSSR count). The van der Waals surface area contributed by atoms with Crippen molar-refractivity contribution in [3.8, 4) is 0 Å². The molecule has 3 N–H and O–H groups in total. The van der Waals surface area contributed by atoms with Gasteiger partial charge in [0.1, 0.15) is 0 Å². The molecule has 0 bridgehead atoms. The van der Waals surface area contributed by atoms with Gasteiger partial charge < -0.3 is 11.1 Å². The molecule has 0 spiro atoms. The Labute approximate surface area is 63.5 Å². The summed E-state index contributed by atoms with van der Waals surface area (Å²) in [5.41, 5.74) is 6.17. The minimum atomic E-state index is 0.575. The second kappa shape index (κ2) is 5.30. The summed E-state index contributed by atoms with van der Waals surface area (Å²) >= 11 is 0. The highest BCUT2D eigenvalue weighted by Crippen LogP contribution is 1.92. The van der Waals surface area contributed by atoms with Crippen LogP contribution >= 0.6 is 0 Å². The molecule has 0 aromatic rings. The van der Waals surface area contributed by atoms with Crippen molar-refractivity contribution in [1.29, 1.82) is 0 Å². The lowest BCUT2D eigenvalue weighted by Crippen LogP contribution is -2.23. The second-order valence-corrected chi connectivity index (χ2v) is 2.87. The molecule has 0 saturated carbocycles. The van der Waals surface area contributed by atoms with Crippen LogP contribution in [0.25, 0.3) is 0 Å². The number of hydrogen-bond acceptors (Lipinski definition) is 2. The Morgan fingerprint density at radius 1 is 1.60 bits per heavy atom. The third-order valence-electron chi connectivity index (χ3n) is 1.23. The van der Waals surface area contributed by atoms with Crippen molar-refractivity contribution in [3.05, 3.63) is 12.3 Å². The van der Waals surface area contributed by atoms with Gasteiger partial charge in [-0.15, -0.1) is 0 Å². The molecule has 0 aliphatic heterocycles. The van der Waals surface area contributed by atoms with Crippen LogP contribution in [0.1, 0.15) is 26.7 Å². The molecule has 0 aromatic carbocycles. The summed E-state index contributed by atoms with van der Waals surface area (Å²) in [4.78, 5) is 0. The van der Waals surface area contributed by atoms with Gasteiger partial charge in [0.05, 0.1) is 0 Å². The molecule has 2 nitrogen and oxygen atoms in total. The van der Waals surface area contributed by atoms with E-state index in [1.807, 2.05) is 0 Å². The third-order valence-corrected chi connectivity index (χ3v) is 1.23. The fourth-order valence-corrected chi connectivity index (χ4v) is 0.706. The molecule has 0 atom stereocenters. The van der Waals surface area contributed by atoms with Crippen LogP contribution in [-0.2, 0) is 0 Å². The minimum Gasteiger partial charge on any atom is -0.403 e. The second-order valence-electron chi connectivity index (χ2n) is 2.87. The summed E-state index contributed by atoms with van der Waals surface area (Å²) in [5, 5.41) is 3.30. The lowest BCUT2D eigenvalue weighted by Gasteiger charge is -2.06. The average molecular weight is 142 g/mol. The number of hydrogen-bond donors (Lipinski definition) is 2. The van der Waals surface area contributed by atoms with Crippen molar-refractivity contribution >= 4 is 0 Å². The SMILES string of the molecule is C=C(N)CCCNC(C)C. The molecule has 10 heavy (non-hydrogen) atoms. The predicted molar refractivity (Wildman–Crippen MR) is 45.7 cm³/mol. The molecule has 0 fully saturated rings. The van der Waals surface area contributed by atoms with Gasteiger partial charge in [-0.1, -0.05) is 20.4 Å². The Kier molecular flexibility index (Phi) is 5.03. The van der Waals surface area contributed by atoms with E-state index in [1.165, 1.54) is 0 Å². The molecular weight excluding hydrogens is 124 g/mol. The molecule has 60 valence electrons. The van der Waals surface area contributed by atoms with Crippen LogP contribution in [0.5, 0.6) is 0 Å². The van der Waals surface area contributed by atoms with Crippen molar-refractivity contribution in [2.45, 2.75) is 32.7 Å². The standard InChI is InChI=1S/C8H18N2/c1-7(2)10-6-4-5-8(3)9/h7,10H,3-6,9H2,1-2H3. The Bertz CT molecular complexity index is 97.4. The highest BCUT2D eigenvalue weighted by Gasteiger charge is 1.91. The summed E-state index contributed by atoms with van der Waals surface area (Å²) < 4.78 is 0. The fraction of sp³-hybridized carbons (Fsp3) is 0.750. The van der Waals surface area contributed by atoms with Crippen molar-refractivity contribution in [2.75, 3.05) is 6.54 Å². The summed E-state index contributed by atoms with van der Waals surface area (Å²) in [5.74, 6) is 0. The lowest BCUT2D eigenvalue weighted by atomic mass is 10.2. The smallest absolute Gasteiger partial charge is 0.00103 e. The maximum Gasteiger partial charge on any atom is 0.00103 e. The lowest BCUT2D eigenvalue weighted by molar-refractivity contribution is 0.569. The van der Waals surface area contributed by atoms with Gasteiger partial charge in [0.2, 0.25) is 0 Å². The van der Waals surface area contributed by atoms with E-state index in [0.717, 1.165) is 25.1 Å². The monoisotopic (exact) mass is 142 g/mol. The van der Waals surface area contributed by atoms with Crippen LogP contribution in [0.3, 0.4) is 0 Å². The van der Waals surface area contributed by atoms with Gasteiger partial charge in [-0.2, -0.15) is 0 Å². The molecule has 2 heteroatoms. The minimum absolute atomic E-state index is 0.575. The first-order valence-corrected chi connectivity index (χ1v) is 3.79. The van der Waals surface area contributed by atoms with E-state index in [9.17, 15) is 0 Å². The third kappa shape index (κ3) is 7.50. The van der Waals surface area contributed by atoms with Gasteiger partial charge in [-0.3, -0.25) is 0 Å². The largest absolute Gasteiger partial charge is 0.403 e. The first-order valence-electron chi connectivity index (χ1n) is 3.79. The zero-order chi connectivity index (χ0) is 7.98. The summed E-state index contributed by atoms with van der Waals surface area (Å²) in [6, 6.07) is 0.575. The van der Waals surface area contributed by atoms with Crippen LogP contribution in [0.4, 0.5) is 0 Å². The van der Waals surface area contributed by atoms with E-state index < -0.39 is 0 Å². The Morgan fingerprint density at radius 2 is 2.20 bits per heavy atom. The van der Waals surface area contributed by atoms with Gasteiger partial charge in [0.25, 0.3) is 0 Å². The molecule has 0 aromatic heterocycles. The number of allylic oxidation sites excluding steroid dienone is 1. The normalized spacial score (nSPS) is 10.3. The topological polar surface area (TPSA) is 38.0 Å². The number of nitrogens with two attached hydrogens (primary N) is 1. The van der Waals surface area contributed by atoms with Gasteiger partial charge in [-0.25, -0.2) is 0 Å². The Balaban J connectivity index is 2.98. The van der Waals surface area contributed by atoms with Crippen molar-refractivity contribution in [1.82, 2.24) is 5.32 Å². The van der Waals surface area contributed by atoms with Crippen LogP contribution in [0.2, 0.25) is 0 Å². The van der Waals surface area contributed by atoms with E-state index in [4.69, 9.17) is 5.73 Å². The molecule has 0 saturated heterocycles. The summed E-state index contributed by atoms with van der Waals surface area (Å²) in [6.45, 7) is 8.93. The summed E-state index contributed by atoms with van der Waals surface area (Å²) in [6.07, 6.45) is 2.02. The van der Waals surface area contributed by atoms with Crippen LogP contribution < -0.4 is 11.1 Å². The Morgan fingerprint density at radius 3 is 2.60 bits per heavy atom. The summed E-state index contributed by atoms with van der Waals surface area (Å²) in [7, 11) is 0. The quantitative estimate of drug-likeness (QED) is 0.567. The zero-order valence-corrected chi connectivity index (χ0v) is 6.98. The van der Waals surface area contributed by atoms with E-state index >= 15 is 0 Å². The van der Waals surface area contributed by atoms with Crippen LogP contribution in [0.15, 0.2) is 12.3 Å². The predicted octanol–water partition coefficient (Wildman–Crippen LogP) is 1.24. The molecule has 0 aliphatic rings. The van der Waals surface area contributed by atoms with Crippen LogP contribution in [-0.4, -0.2) is 12.6 Å². The van der Waals surface area contributed by atoms with Crippen molar-refractivity contribution in [3.63, 3.8) is 0 Å². The van der Waals surface area contributed by atoms with Crippen molar-refractivity contribution in [2.24, 2.45) is 5.73 Å². The van der Waals surface area contributed by atoms with E-state index in [0.29, 0.717) is 6.04 Å². The highest BCUT2D eigenvalue weighted by molar-refractivity contribution is 4.85. The van der Waals surface area contributed by atoms with Gasteiger partial charge in [0.15, 0.2) is 0 Å². The van der Waals surface area contributed by atoms with E-state index in [2.05, 4.69) is 25.7 Å². The molecule has 0 aliphatic carbocycles. The number of nitrogens with one attached hydrogen (secondary N) is 1. The average Bonchev–Trinajstić information content (AvgIpc) is 1.79. The first kappa shape index (κ1) is 9.50. The van der Waals surface area contributed by atoms with E-state index in [-0.39, 0.29) is 0 Å². The zero-order valence-electron chi connectivity index (χ0n) is 6.98. The molecule has 0 amide bonds. The molecule has 0 radical (unpaired) electrons. The maximum absolute atomic E-state index is 5.39. The molecular formula is C8H18N2. The molecule has 0 heterocycles. The first-order chi connectivity index (χ1) is 4.63. The van der Waals surface area contributed by atoms with Crippen LogP contribution in [0, 0.1) is 0 Å². The van der Waals surface area contributed by atoms with Gasteiger partial charge in [0, 0.05) is 11.7 Å². The number of rotatable bonds is 5.